The first-order valence-corrected chi connectivity index (χ1v) is 7.55. The van der Waals surface area contributed by atoms with Crippen molar-refractivity contribution in [3.8, 4) is 0 Å². The maximum absolute atomic E-state index is 12.4. The van der Waals surface area contributed by atoms with Crippen LogP contribution in [-0.4, -0.2) is 70.5 Å². The Morgan fingerprint density at radius 2 is 2.27 bits per heavy atom. The molecule has 2 aliphatic rings. The Balaban J connectivity index is 1.57. The summed E-state index contributed by atoms with van der Waals surface area (Å²) in [7, 11) is 1.79. The molecule has 2 saturated heterocycles. The molecule has 2 aliphatic heterocycles. The Morgan fingerprint density at radius 1 is 1.41 bits per heavy atom. The molecule has 2 amide bonds. The van der Waals surface area contributed by atoms with E-state index in [0.29, 0.717) is 39.0 Å². The van der Waals surface area contributed by atoms with Crippen molar-refractivity contribution in [2.75, 3.05) is 26.7 Å². The van der Waals surface area contributed by atoms with Crippen molar-refractivity contribution < 1.29 is 14.3 Å². The van der Waals surface area contributed by atoms with Crippen molar-refractivity contribution in [1.82, 2.24) is 19.8 Å². The number of carbonyl (C=O) groups is 2. The first kappa shape index (κ1) is 14.9. The van der Waals surface area contributed by atoms with Gasteiger partial charge >= 0.3 is 0 Å². The summed E-state index contributed by atoms with van der Waals surface area (Å²) in [5.74, 6) is 0.157. The zero-order valence-corrected chi connectivity index (χ0v) is 12.6. The van der Waals surface area contributed by atoms with Crippen LogP contribution in [0.1, 0.15) is 18.5 Å². The zero-order valence-electron chi connectivity index (χ0n) is 12.6. The van der Waals surface area contributed by atoms with Crippen LogP contribution < -0.4 is 0 Å². The largest absolute Gasteiger partial charge is 0.374 e. The van der Waals surface area contributed by atoms with Crippen LogP contribution in [0.25, 0.3) is 0 Å². The monoisotopic (exact) mass is 304 g/mol. The van der Waals surface area contributed by atoms with Gasteiger partial charge in [0.05, 0.1) is 30.9 Å². The highest BCUT2D eigenvalue weighted by Crippen LogP contribution is 2.22. The summed E-state index contributed by atoms with van der Waals surface area (Å²) in [6.45, 7) is 1.54. The average molecular weight is 304 g/mol. The maximum atomic E-state index is 12.4. The van der Waals surface area contributed by atoms with Gasteiger partial charge in [0.1, 0.15) is 0 Å². The molecule has 0 radical (unpaired) electrons. The van der Waals surface area contributed by atoms with Crippen LogP contribution >= 0.6 is 0 Å². The number of aromatic nitrogens is 2. The fourth-order valence-corrected chi connectivity index (χ4v) is 3.01. The fourth-order valence-electron chi connectivity index (χ4n) is 3.01. The molecule has 0 aliphatic carbocycles. The van der Waals surface area contributed by atoms with E-state index in [0.717, 1.165) is 5.69 Å². The Bertz CT molecular complexity index is 551. The van der Waals surface area contributed by atoms with Crippen molar-refractivity contribution in [3.05, 3.63) is 24.3 Å². The lowest BCUT2D eigenvalue weighted by atomic mass is 10.2. The topological polar surface area (TPSA) is 75.6 Å². The normalized spacial score (nSPS) is 25.0. The van der Waals surface area contributed by atoms with E-state index in [1.807, 2.05) is 0 Å². The van der Waals surface area contributed by atoms with Gasteiger partial charge in [-0.1, -0.05) is 0 Å². The van der Waals surface area contributed by atoms with E-state index in [1.54, 1.807) is 35.4 Å². The number of hydrogen-bond donors (Lipinski definition) is 0. The number of carbonyl (C=O) groups excluding carboxylic acids is 2. The molecule has 0 aromatic carbocycles. The number of amides is 2. The van der Waals surface area contributed by atoms with Gasteiger partial charge in [-0.05, 0) is 6.42 Å². The molecule has 0 unspecified atom stereocenters. The van der Waals surface area contributed by atoms with Gasteiger partial charge < -0.3 is 14.5 Å². The van der Waals surface area contributed by atoms with Crippen LogP contribution in [-0.2, 0) is 20.7 Å². The van der Waals surface area contributed by atoms with Crippen LogP contribution in [0, 0.1) is 0 Å². The Labute approximate surface area is 129 Å². The third-order valence-corrected chi connectivity index (χ3v) is 4.34. The number of rotatable bonds is 3. The van der Waals surface area contributed by atoms with Gasteiger partial charge in [0.25, 0.3) is 0 Å². The van der Waals surface area contributed by atoms with Crippen LogP contribution in [0.3, 0.4) is 0 Å². The molecule has 0 N–H and O–H groups in total. The summed E-state index contributed by atoms with van der Waals surface area (Å²) in [5.41, 5.74) is 0.813. The second-order valence-corrected chi connectivity index (χ2v) is 5.73. The lowest BCUT2D eigenvalue weighted by Gasteiger charge is -2.25. The molecule has 0 spiro atoms. The van der Waals surface area contributed by atoms with Crippen molar-refractivity contribution in [2.45, 2.75) is 31.4 Å². The molecule has 0 saturated carbocycles. The second kappa shape index (κ2) is 6.39. The van der Waals surface area contributed by atoms with E-state index in [2.05, 4.69) is 9.97 Å². The number of likely N-dealkylation sites (N-methyl/N-ethyl adjacent to an activating group) is 1. The Morgan fingerprint density at radius 3 is 3.05 bits per heavy atom. The predicted octanol–water partition coefficient (Wildman–Crippen LogP) is -0.133. The highest BCUT2D eigenvalue weighted by molar-refractivity contribution is 5.78. The summed E-state index contributed by atoms with van der Waals surface area (Å²) in [5, 5.41) is 0. The Hall–Kier alpha value is -2.02. The van der Waals surface area contributed by atoms with E-state index < -0.39 is 0 Å². The van der Waals surface area contributed by atoms with Gasteiger partial charge in [-0.15, -0.1) is 0 Å². The van der Waals surface area contributed by atoms with E-state index in [1.165, 1.54) is 0 Å². The summed E-state index contributed by atoms with van der Waals surface area (Å²) < 4.78 is 5.73. The third-order valence-electron chi connectivity index (χ3n) is 4.34. The number of fused-ring (bicyclic) bond motifs is 1. The standard InChI is InChI=1S/C15H20N4O3/c1-18-12-9-19(10-13(12)22-7-4-14(18)20)15(21)3-2-11-8-16-5-6-17-11/h5-6,8,12-13H,2-4,7,9-10H2,1H3/t12-,13-/m0/s1. The molecule has 2 atom stereocenters. The molecule has 2 fully saturated rings. The van der Waals surface area contributed by atoms with Gasteiger partial charge in [-0.3, -0.25) is 19.6 Å². The van der Waals surface area contributed by atoms with Gasteiger partial charge in [0, 0.05) is 45.1 Å². The summed E-state index contributed by atoms with van der Waals surface area (Å²) in [6.07, 6.45) is 6.24. The molecule has 1 aromatic heterocycles. The number of ether oxygens (including phenoxy) is 1. The van der Waals surface area contributed by atoms with Crippen LogP contribution in [0.4, 0.5) is 0 Å². The summed E-state index contributed by atoms with van der Waals surface area (Å²) in [4.78, 5) is 35.9. The highest BCUT2D eigenvalue weighted by atomic mass is 16.5. The molecule has 1 aromatic rings. The minimum Gasteiger partial charge on any atom is -0.374 e. The molecular formula is C15H20N4O3. The van der Waals surface area contributed by atoms with Gasteiger partial charge in [-0.2, -0.15) is 0 Å². The first-order chi connectivity index (χ1) is 10.6. The number of hydrogen-bond acceptors (Lipinski definition) is 5. The lowest BCUT2D eigenvalue weighted by molar-refractivity contribution is -0.133. The van der Waals surface area contributed by atoms with Crippen LogP contribution in [0.5, 0.6) is 0 Å². The van der Waals surface area contributed by atoms with Gasteiger partial charge in [0.2, 0.25) is 11.8 Å². The van der Waals surface area contributed by atoms with Crippen LogP contribution in [0.15, 0.2) is 18.6 Å². The van der Waals surface area contributed by atoms with Gasteiger partial charge in [0.15, 0.2) is 0 Å². The molecular weight excluding hydrogens is 284 g/mol. The summed E-state index contributed by atoms with van der Waals surface area (Å²) in [6, 6.07) is -0.0320. The molecule has 7 nitrogen and oxygen atoms in total. The molecule has 0 bridgehead atoms. The molecule has 118 valence electrons. The van der Waals surface area contributed by atoms with E-state index in [9.17, 15) is 9.59 Å². The van der Waals surface area contributed by atoms with Crippen molar-refractivity contribution in [3.63, 3.8) is 0 Å². The summed E-state index contributed by atoms with van der Waals surface area (Å²) >= 11 is 0. The number of likely N-dealkylation sites (tertiary alicyclic amines) is 1. The van der Waals surface area contributed by atoms with E-state index in [-0.39, 0.29) is 24.0 Å². The number of aryl methyl sites for hydroxylation is 1. The highest BCUT2D eigenvalue weighted by Gasteiger charge is 2.41. The molecule has 22 heavy (non-hydrogen) atoms. The molecule has 3 heterocycles. The molecule has 3 rings (SSSR count). The number of nitrogens with zero attached hydrogens (tertiary/aromatic N) is 4. The second-order valence-electron chi connectivity index (χ2n) is 5.73. The first-order valence-electron chi connectivity index (χ1n) is 7.55. The minimum absolute atomic E-state index is 0.0320. The zero-order chi connectivity index (χ0) is 15.5. The van der Waals surface area contributed by atoms with Crippen molar-refractivity contribution in [2.24, 2.45) is 0 Å². The quantitative estimate of drug-likeness (QED) is 0.777. The van der Waals surface area contributed by atoms with Crippen LogP contribution in [0.2, 0.25) is 0 Å². The van der Waals surface area contributed by atoms with Gasteiger partial charge in [-0.25, -0.2) is 0 Å². The maximum Gasteiger partial charge on any atom is 0.225 e. The minimum atomic E-state index is -0.0723. The Kier molecular flexibility index (Phi) is 4.33. The average Bonchev–Trinajstić information content (AvgIpc) is 2.91. The third kappa shape index (κ3) is 3.09. The fraction of sp³-hybridized carbons (Fsp3) is 0.600. The van der Waals surface area contributed by atoms with Crippen molar-refractivity contribution in [1.29, 1.82) is 0 Å². The smallest absolute Gasteiger partial charge is 0.225 e. The van der Waals surface area contributed by atoms with E-state index >= 15 is 0 Å². The SMILES string of the molecule is CN1C(=O)CCO[C@H]2CN(C(=O)CCc3cnccn3)C[C@@H]21. The lowest BCUT2D eigenvalue weighted by Crippen LogP contribution is -2.43. The predicted molar refractivity (Wildman–Crippen MR) is 77.8 cm³/mol. The van der Waals surface area contributed by atoms with Crippen molar-refractivity contribution >= 4 is 11.8 Å². The molecule has 7 heteroatoms. The van der Waals surface area contributed by atoms with E-state index in [4.69, 9.17) is 4.74 Å².